The average molecular weight is 260 g/mol. The lowest BCUT2D eigenvalue weighted by atomic mass is 9.93. The van der Waals surface area contributed by atoms with Crippen molar-refractivity contribution in [2.45, 2.75) is 33.7 Å². The minimum atomic E-state index is 0.387. The second kappa shape index (κ2) is 5.59. The number of aliphatic imine (C=N–C) groups is 1. The van der Waals surface area contributed by atoms with Crippen molar-refractivity contribution >= 4 is 5.96 Å². The first-order valence-electron chi connectivity index (χ1n) is 6.88. The van der Waals surface area contributed by atoms with Crippen molar-refractivity contribution in [2.24, 2.45) is 10.4 Å². The van der Waals surface area contributed by atoms with Crippen LogP contribution >= 0.6 is 0 Å². The molecule has 4 heteroatoms. The van der Waals surface area contributed by atoms with Crippen LogP contribution in [0.1, 0.15) is 31.5 Å². The summed E-state index contributed by atoms with van der Waals surface area (Å²) < 4.78 is 0. The van der Waals surface area contributed by atoms with E-state index in [1.807, 2.05) is 19.3 Å². The van der Waals surface area contributed by atoms with Gasteiger partial charge >= 0.3 is 0 Å². The Kier molecular flexibility index (Phi) is 4.08. The zero-order valence-electron chi connectivity index (χ0n) is 12.4. The van der Waals surface area contributed by atoms with E-state index in [0.29, 0.717) is 5.41 Å². The van der Waals surface area contributed by atoms with Gasteiger partial charge in [0.1, 0.15) is 0 Å². The van der Waals surface area contributed by atoms with E-state index >= 15 is 0 Å². The number of nitrogens with zero attached hydrogens (tertiary/aromatic N) is 3. The predicted octanol–water partition coefficient (Wildman–Crippen LogP) is 2.20. The third kappa shape index (κ3) is 3.46. The van der Waals surface area contributed by atoms with E-state index in [1.54, 1.807) is 0 Å². The maximum absolute atomic E-state index is 4.40. The minimum absolute atomic E-state index is 0.387. The van der Waals surface area contributed by atoms with Crippen LogP contribution in [0.4, 0.5) is 0 Å². The van der Waals surface area contributed by atoms with E-state index in [1.165, 1.54) is 12.0 Å². The van der Waals surface area contributed by atoms with Crippen molar-refractivity contribution in [2.75, 3.05) is 20.1 Å². The zero-order valence-corrected chi connectivity index (χ0v) is 12.4. The summed E-state index contributed by atoms with van der Waals surface area (Å²) in [6, 6.07) is 4.06. The van der Waals surface area contributed by atoms with Crippen molar-refractivity contribution in [3.05, 3.63) is 29.6 Å². The molecule has 0 saturated carbocycles. The van der Waals surface area contributed by atoms with Crippen molar-refractivity contribution in [3.8, 4) is 0 Å². The molecule has 1 aliphatic rings. The van der Waals surface area contributed by atoms with Crippen LogP contribution in [0.15, 0.2) is 23.3 Å². The van der Waals surface area contributed by atoms with Gasteiger partial charge in [0.05, 0.1) is 12.2 Å². The quantitative estimate of drug-likeness (QED) is 0.654. The lowest BCUT2D eigenvalue weighted by Crippen LogP contribution is -2.40. The number of rotatable bonds is 2. The number of aromatic nitrogens is 1. The minimum Gasteiger partial charge on any atom is -0.351 e. The fourth-order valence-electron chi connectivity index (χ4n) is 2.49. The fraction of sp³-hybridized carbons (Fsp3) is 0.600. The average Bonchev–Trinajstić information content (AvgIpc) is 2.73. The summed E-state index contributed by atoms with van der Waals surface area (Å²) >= 11 is 0. The second-order valence-electron chi connectivity index (χ2n) is 6.00. The topological polar surface area (TPSA) is 40.5 Å². The number of aryl methyl sites for hydroxylation is 1. The summed E-state index contributed by atoms with van der Waals surface area (Å²) in [4.78, 5) is 11.1. The third-order valence-corrected chi connectivity index (χ3v) is 3.72. The smallest absolute Gasteiger partial charge is 0.193 e. The zero-order chi connectivity index (χ0) is 13.9. The van der Waals surface area contributed by atoms with E-state index in [9.17, 15) is 0 Å². The number of guanidine groups is 1. The van der Waals surface area contributed by atoms with Crippen LogP contribution < -0.4 is 5.32 Å². The summed E-state index contributed by atoms with van der Waals surface area (Å²) in [5.74, 6) is 0.982. The van der Waals surface area contributed by atoms with Crippen LogP contribution in [-0.2, 0) is 6.54 Å². The van der Waals surface area contributed by atoms with Crippen LogP contribution in [0.25, 0.3) is 0 Å². The third-order valence-electron chi connectivity index (χ3n) is 3.72. The summed E-state index contributed by atoms with van der Waals surface area (Å²) in [6.45, 7) is 9.58. The fourth-order valence-corrected chi connectivity index (χ4v) is 2.49. The Morgan fingerprint density at radius 3 is 2.89 bits per heavy atom. The maximum Gasteiger partial charge on any atom is 0.193 e. The Bertz CT molecular complexity index is 465. The lowest BCUT2D eigenvalue weighted by molar-refractivity contribution is 0.370. The number of hydrogen-bond donors (Lipinski definition) is 1. The molecule has 4 nitrogen and oxygen atoms in total. The molecule has 104 valence electrons. The van der Waals surface area contributed by atoms with Crippen LogP contribution in [-0.4, -0.2) is 36.0 Å². The van der Waals surface area contributed by atoms with Gasteiger partial charge in [-0.2, -0.15) is 0 Å². The highest BCUT2D eigenvalue weighted by atomic mass is 15.3. The summed E-state index contributed by atoms with van der Waals surface area (Å²) in [5.41, 5.74) is 2.69. The Balaban J connectivity index is 1.96. The molecule has 0 aromatic carbocycles. The van der Waals surface area contributed by atoms with Gasteiger partial charge < -0.3 is 10.2 Å². The summed E-state index contributed by atoms with van der Waals surface area (Å²) in [6.07, 6.45) is 3.06. The van der Waals surface area contributed by atoms with Gasteiger partial charge in [0.2, 0.25) is 0 Å². The molecule has 0 amide bonds. The second-order valence-corrected chi connectivity index (χ2v) is 6.00. The summed E-state index contributed by atoms with van der Waals surface area (Å²) in [7, 11) is 1.85. The number of likely N-dealkylation sites (tertiary alicyclic amines) is 1. The highest BCUT2D eigenvalue weighted by Crippen LogP contribution is 2.28. The Morgan fingerprint density at radius 1 is 1.53 bits per heavy atom. The van der Waals surface area contributed by atoms with Gasteiger partial charge in [-0.1, -0.05) is 19.9 Å². The molecule has 19 heavy (non-hydrogen) atoms. The van der Waals surface area contributed by atoms with Crippen molar-refractivity contribution in [1.29, 1.82) is 0 Å². The van der Waals surface area contributed by atoms with Gasteiger partial charge in [-0.25, -0.2) is 0 Å². The van der Waals surface area contributed by atoms with E-state index < -0.39 is 0 Å². The van der Waals surface area contributed by atoms with E-state index in [-0.39, 0.29) is 0 Å². The first kappa shape index (κ1) is 13.8. The van der Waals surface area contributed by atoms with Gasteiger partial charge in [-0.05, 0) is 30.4 Å². The predicted molar refractivity (Wildman–Crippen MR) is 79.1 cm³/mol. The lowest BCUT2D eigenvalue weighted by Gasteiger charge is -2.23. The van der Waals surface area contributed by atoms with E-state index in [4.69, 9.17) is 0 Å². The van der Waals surface area contributed by atoms with Gasteiger partial charge in [-0.3, -0.25) is 9.98 Å². The molecule has 2 heterocycles. The summed E-state index contributed by atoms with van der Waals surface area (Å²) in [5, 5.41) is 3.42. The monoisotopic (exact) mass is 260 g/mol. The largest absolute Gasteiger partial charge is 0.351 e. The molecule has 0 atom stereocenters. The molecular weight excluding hydrogens is 236 g/mol. The highest BCUT2D eigenvalue weighted by molar-refractivity contribution is 5.80. The first-order chi connectivity index (χ1) is 9.02. The molecule has 0 aliphatic carbocycles. The SMILES string of the molecule is CN=C(NCc1ncccc1C)N1CCC(C)(C)C1. The van der Waals surface area contributed by atoms with Crippen LogP contribution in [0.5, 0.6) is 0 Å². The van der Waals surface area contributed by atoms with Gasteiger partial charge in [-0.15, -0.1) is 0 Å². The van der Waals surface area contributed by atoms with Crippen molar-refractivity contribution < 1.29 is 0 Å². The van der Waals surface area contributed by atoms with Crippen molar-refractivity contribution in [1.82, 2.24) is 15.2 Å². The standard InChI is InChI=1S/C15H24N4/c1-12-6-5-8-17-13(12)10-18-14(16-4)19-9-7-15(2,3)11-19/h5-6,8H,7,9-11H2,1-4H3,(H,16,18). The molecule has 0 unspecified atom stereocenters. The Labute approximate surface area is 115 Å². The van der Waals surface area contributed by atoms with Crippen LogP contribution in [0.3, 0.4) is 0 Å². The molecule has 1 aromatic rings. The molecule has 1 aromatic heterocycles. The molecule has 1 N–H and O–H groups in total. The Hall–Kier alpha value is -1.58. The molecule has 0 radical (unpaired) electrons. The van der Waals surface area contributed by atoms with Gasteiger partial charge in [0.15, 0.2) is 5.96 Å². The van der Waals surface area contributed by atoms with Gasteiger partial charge in [0.25, 0.3) is 0 Å². The maximum atomic E-state index is 4.40. The molecule has 1 saturated heterocycles. The van der Waals surface area contributed by atoms with E-state index in [0.717, 1.165) is 31.3 Å². The molecule has 2 rings (SSSR count). The molecular formula is C15H24N4. The van der Waals surface area contributed by atoms with Crippen LogP contribution in [0, 0.1) is 12.3 Å². The van der Waals surface area contributed by atoms with Crippen LogP contribution in [0.2, 0.25) is 0 Å². The van der Waals surface area contributed by atoms with Gasteiger partial charge in [0, 0.05) is 26.3 Å². The Morgan fingerprint density at radius 2 is 2.32 bits per heavy atom. The molecule has 0 spiro atoms. The molecule has 0 bridgehead atoms. The number of hydrogen-bond acceptors (Lipinski definition) is 2. The number of pyridine rings is 1. The van der Waals surface area contributed by atoms with Crippen molar-refractivity contribution in [3.63, 3.8) is 0 Å². The van der Waals surface area contributed by atoms with E-state index in [2.05, 4.69) is 47.0 Å². The highest BCUT2D eigenvalue weighted by Gasteiger charge is 2.30. The first-order valence-corrected chi connectivity index (χ1v) is 6.88. The molecule has 1 aliphatic heterocycles. The normalized spacial score (nSPS) is 18.7. The molecule has 1 fully saturated rings. The number of nitrogens with one attached hydrogen (secondary N) is 1.